The molecule has 0 fully saturated rings. The fourth-order valence-corrected chi connectivity index (χ4v) is 1.38. The van der Waals surface area contributed by atoms with Gasteiger partial charge in [-0.1, -0.05) is 11.2 Å². The maximum Gasteiger partial charge on any atom is 0.499 e. The second-order valence-corrected chi connectivity index (χ2v) is 3.01. The Morgan fingerprint density at radius 1 is 1.45 bits per heavy atom. The first kappa shape index (κ1) is 8.25. The van der Waals surface area contributed by atoms with Gasteiger partial charge in [0.1, 0.15) is 0 Å². The average Bonchev–Trinajstić information content (AvgIpc) is 2.37. The summed E-state index contributed by atoms with van der Waals surface area (Å²) in [5.74, 6) is 0. The van der Waals surface area contributed by atoms with Gasteiger partial charge in [-0.25, -0.2) is 0 Å². The Morgan fingerprint density at radius 2 is 2.18 bits per heavy atom. The lowest BCUT2D eigenvalue weighted by molar-refractivity contribution is 0.322. The van der Waals surface area contributed by atoms with Crippen molar-refractivity contribution >= 4 is 29.4 Å². The zero-order chi connectivity index (χ0) is 8.27. The summed E-state index contributed by atoms with van der Waals surface area (Å²) in [4.78, 5) is 0.676. The molecule has 1 heterocycles. The standard InChI is InChI=1S/C5H6BNO3S/c8-6(9)5-2-1-4(11-5)3-7-10/h1-3,8-10H. The zero-order valence-corrected chi connectivity index (χ0v) is 6.32. The van der Waals surface area contributed by atoms with Crippen LogP contribution in [0, 0.1) is 0 Å². The summed E-state index contributed by atoms with van der Waals surface area (Å²) >= 11 is 1.16. The van der Waals surface area contributed by atoms with Crippen molar-refractivity contribution in [1.29, 1.82) is 0 Å². The smallest absolute Gasteiger partial charge is 0.423 e. The molecular weight excluding hydrogens is 165 g/mol. The van der Waals surface area contributed by atoms with Gasteiger partial charge in [0, 0.05) is 9.65 Å². The van der Waals surface area contributed by atoms with E-state index >= 15 is 0 Å². The lowest BCUT2D eigenvalue weighted by Crippen LogP contribution is -2.26. The summed E-state index contributed by atoms with van der Waals surface area (Å²) in [7, 11) is -1.44. The van der Waals surface area contributed by atoms with Gasteiger partial charge in [-0.2, -0.15) is 0 Å². The van der Waals surface area contributed by atoms with Crippen molar-refractivity contribution in [3.63, 3.8) is 0 Å². The molecule has 4 nitrogen and oxygen atoms in total. The van der Waals surface area contributed by atoms with E-state index in [1.807, 2.05) is 0 Å². The Balaban J connectivity index is 2.81. The molecule has 1 aromatic heterocycles. The molecule has 0 aliphatic rings. The van der Waals surface area contributed by atoms with Gasteiger partial charge >= 0.3 is 7.12 Å². The number of oxime groups is 1. The fourth-order valence-electron chi connectivity index (χ4n) is 0.633. The van der Waals surface area contributed by atoms with Gasteiger partial charge < -0.3 is 15.3 Å². The van der Waals surface area contributed by atoms with Crippen LogP contribution in [0.2, 0.25) is 0 Å². The molecule has 0 atom stereocenters. The molecule has 0 saturated heterocycles. The number of thiophene rings is 1. The minimum atomic E-state index is -1.44. The van der Waals surface area contributed by atoms with Crippen LogP contribution in [-0.4, -0.2) is 28.6 Å². The molecule has 0 spiro atoms. The summed E-state index contributed by atoms with van der Waals surface area (Å²) in [6.07, 6.45) is 1.23. The Morgan fingerprint density at radius 3 is 2.64 bits per heavy atom. The summed E-state index contributed by atoms with van der Waals surface area (Å²) in [6.45, 7) is 0. The Labute approximate surface area is 67.6 Å². The molecule has 0 radical (unpaired) electrons. The molecule has 0 aliphatic heterocycles. The summed E-state index contributed by atoms with van der Waals surface area (Å²) < 4.78 is 0.430. The Hall–Kier alpha value is -0.845. The molecule has 0 saturated carbocycles. The van der Waals surface area contributed by atoms with Gasteiger partial charge in [-0.3, -0.25) is 0 Å². The van der Waals surface area contributed by atoms with E-state index < -0.39 is 7.12 Å². The first-order chi connectivity index (χ1) is 5.24. The molecule has 0 bridgehead atoms. The second kappa shape index (κ2) is 3.52. The van der Waals surface area contributed by atoms with Gasteiger partial charge in [-0.15, -0.1) is 11.3 Å². The normalized spacial score (nSPS) is 10.7. The van der Waals surface area contributed by atoms with Crippen LogP contribution in [0.25, 0.3) is 0 Å². The third-order valence-electron chi connectivity index (χ3n) is 1.09. The zero-order valence-electron chi connectivity index (χ0n) is 5.51. The van der Waals surface area contributed by atoms with Gasteiger partial charge in [0.2, 0.25) is 0 Å². The van der Waals surface area contributed by atoms with E-state index in [1.165, 1.54) is 6.21 Å². The van der Waals surface area contributed by atoms with Crippen LogP contribution >= 0.6 is 11.3 Å². The number of rotatable bonds is 2. The lowest BCUT2D eigenvalue weighted by Gasteiger charge is -1.88. The predicted molar refractivity (Wildman–Crippen MR) is 43.5 cm³/mol. The van der Waals surface area contributed by atoms with Gasteiger partial charge in [0.05, 0.1) is 6.21 Å². The second-order valence-electron chi connectivity index (χ2n) is 1.86. The average molecular weight is 171 g/mol. The van der Waals surface area contributed by atoms with Crippen LogP contribution < -0.4 is 4.78 Å². The molecule has 3 N–H and O–H groups in total. The van der Waals surface area contributed by atoms with Crippen molar-refractivity contribution in [3.05, 3.63) is 17.0 Å². The predicted octanol–water partition coefficient (Wildman–Crippen LogP) is -0.764. The van der Waals surface area contributed by atoms with Crippen molar-refractivity contribution in [2.45, 2.75) is 0 Å². The number of hydrogen-bond acceptors (Lipinski definition) is 5. The van der Waals surface area contributed by atoms with Crippen LogP contribution in [0.5, 0.6) is 0 Å². The largest absolute Gasteiger partial charge is 0.499 e. The summed E-state index contributed by atoms with van der Waals surface area (Å²) in [5.41, 5.74) is 0. The Kier molecular flexibility index (Phi) is 2.64. The quantitative estimate of drug-likeness (QED) is 0.237. The van der Waals surface area contributed by atoms with Gasteiger partial charge in [0.15, 0.2) is 0 Å². The fraction of sp³-hybridized carbons (Fsp3) is 0. The maximum absolute atomic E-state index is 8.66. The topological polar surface area (TPSA) is 73.1 Å². The molecule has 58 valence electrons. The van der Waals surface area contributed by atoms with E-state index in [9.17, 15) is 0 Å². The van der Waals surface area contributed by atoms with E-state index in [0.717, 1.165) is 11.3 Å². The van der Waals surface area contributed by atoms with E-state index in [0.29, 0.717) is 9.65 Å². The minimum absolute atomic E-state index is 0.430. The SMILES string of the molecule is ON=Cc1ccc(B(O)O)s1. The molecule has 0 aliphatic carbocycles. The van der Waals surface area contributed by atoms with E-state index in [4.69, 9.17) is 15.3 Å². The van der Waals surface area contributed by atoms with Crippen molar-refractivity contribution in [3.8, 4) is 0 Å². The lowest BCUT2D eigenvalue weighted by atomic mass is 9.90. The highest BCUT2D eigenvalue weighted by Crippen LogP contribution is 2.03. The first-order valence-corrected chi connectivity index (χ1v) is 3.69. The molecule has 1 rings (SSSR count). The summed E-state index contributed by atoms with van der Waals surface area (Å²) in [6, 6.07) is 3.20. The van der Waals surface area contributed by atoms with Crippen LogP contribution in [0.1, 0.15) is 4.88 Å². The maximum atomic E-state index is 8.66. The van der Waals surface area contributed by atoms with Crippen LogP contribution in [0.3, 0.4) is 0 Å². The molecular formula is C5H6BNO3S. The number of nitrogens with zero attached hydrogens (tertiary/aromatic N) is 1. The third kappa shape index (κ3) is 2.04. The minimum Gasteiger partial charge on any atom is -0.423 e. The molecule has 0 aromatic carbocycles. The van der Waals surface area contributed by atoms with Crippen LogP contribution in [0.4, 0.5) is 0 Å². The highest BCUT2D eigenvalue weighted by Gasteiger charge is 2.12. The van der Waals surface area contributed by atoms with E-state index in [1.54, 1.807) is 12.1 Å². The third-order valence-corrected chi connectivity index (χ3v) is 2.15. The molecule has 0 unspecified atom stereocenters. The number of hydrogen-bond donors (Lipinski definition) is 3. The Bertz CT molecular complexity index is 260. The van der Waals surface area contributed by atoms with Crippen LogP contribution in [-0.2, 0) is 0 Å². The highest BCUT2D eigenvalue weighted by atomic mass is 32.1. The molecule has 11 heavy (non-hydrogen) atoms. The van der Waals surface area contributed by atoms with Crippen molar-refractivity contribution in [1.82, 2.24) is 0 Å². The van der Waals surface area contributed by atoms with Crippen molar-refractivity contribution in [2.75, 3.05) is 0 Å². The first-order valence-electron chi connectivity index (χ1n) is 2.87. The van der Waals surface area contributed by atoms with Gasteiger partial charge in [-0.05, 0) is 6.07 Å². The van der Waals surface area contributed by atoms with Crippen LogP contribution in [0.15, 0.2) is 17.3 Å². The molecule has 0 amide bonds. The highest BCUT2D eigenvalue weighted by molar-refractivity contribution is 7.23. The molecule has 6 heteroatoms. The van der Waals surface area contributed by atoms with Gasteiger partial charge in [0.25, 0.3) is 0 Å². The monoisotopic (exact) mass is 171 g/mol. The summed E-state index contributed by atoms with van der Waals surface area (Å²) in [5, 5.41) is 28.2. The van der Waals surface area contributed by atoms with Crippen molar-refractivity contribution < 1.29 is 15.3 Å². The molecule has 1 aromatic rings. The van der Waals surface area contributed by atoms with Crippen molar-refractivity contribution in [2.24, 2.45) is 5.16 Å². The van der Waals surface area contributed by atoms with E-state index in [-0.39, 0.29) is 0 Å². The van der Waals surface area contributed by atoms with E-state index in [2.05, 4.69) is 5.16 Å².